The fourth-order valence-electron chi connectivity index (χ4n) is 3.63. The zero-order valence-corrected chi connectivity index (χ0v) is 19.6. The van der Waals surface area contributed by atoms with Gasteiger partial charge in [-0.15, -0.1) is 0 Å². The average Bonchev–Trinajstić information content (AvgIpc) is 3.34. The number of nitrogens with zero attached hydrogens (tertiary/aromatic N) is 5. The lowest BCUT2D eigenvalue weighted by atomic mass is 10.2. The summed E-state index contributed by atoms with van der Waals surface area (Å²) in [6.45, 7) is 3.28. The van der Waals surface area contributed by atoms with Crippen LogP contribution in [0.5, 0.6) is 0 Å². The van der Waals surface area contributed by atoms with E-state index in [9.17, 15) is 4.79 Å². The van der Waals surface area contributed by atoms with E-state index in [1.54, 1.807) is 30.1 Å². The molecule has 170 valence electrons. The van der Waals surface area contributed by atoms with Gasteiger partial charge in [-0.2, -0.15) is 5.10 Å². The highest BCUT2D eigenvalue weighted by atomic mass is 32.1. The Bertz CT molecular complexity index is 1290. The summed E-state index contributed by atoms with van der Waals surface area (Å²) >= 11 is 5.80. The zero-order valence-electron chi connectivity index (χ0n) is 18.8. The molecule has 0 aliphatic heterocycles. The minimum Gasteiger partial charge on any atom is -0.465 e. The molecular formula is C24H25N5O3S. The predicted molar refractivity (Wildman–Crippen MR) is 126 cm³/mol. The summed E-state index contributed by atoms with van der Waals surface area (Å²) in [4.78, 5) is 18.1. The minimum atomic E-state index is -0.409. The van der Waals surface area contributed by atoms with Gasteiger partial charge >= 0.3 is 5.97 Å². The number of carbonyl (C=O) groups is 1. The number of carbonyl (C=O) groups excluding carboxylic acids is 1. The number of esters is 1. The topological polar surface area (TPSA) is 78.3 Å². The highest BCUT2D eigenvalue weighted by Gasteiger charge is 2.18. The maximum atomic E-state index is 11.9. The summed E-state index contributed by atoms with van der Waals surface area (Å²) in [6, 6.07) is 15.7. The first-order chi connectivity index (χ1) is 16.0. The number of furan rings is 1. The molecule has 0 saturated carbocycles. The fourth-order valence-corrected chi connectivity index (χ4v) is 3.88. The maximum absolute atomic E-state index is 11.9. The van der Waals surface area contributed by atoms with E-state index in [2.05, 4.69) is 17.1 Å². The lowest BCUT2D eigenvalue weighted by Crippen LogP contribution is -2.22. The van der Waals surface area contributed by atoms with Gasteiger partial charge in [0.2, 0.25) is 0 Å². The molecule has 0 saturated heterocycles. The summed E-state index contributed by atoms with van der Waals surface area (Å²) < 4.78 is 15.0. The van der Waals surface area contributed by atoms with Crippen molar-refractivity contribution in [1.29, 1.82) is 0 Å². The third-order valence-electron chi connectivity index (χ3n) is 5.20. The molecule has 0 amide bonds. The number of aromatic nitrogens is 4. The van der Waals surface area contributed by atoms with Gasteiger partial charge < -0.3 is 9.15 Å². The summed E-state index contributed by atoms with van der Waals surface area (Å²) in [5.41, 5.74) is 2.46. The van der Waals surface area contributed by atoms with Crippen LogP contribution in [-0.2, 0) is 24.5 Å². The number of benzene rings is 1. The summed E-state index contributed by atoms with van der Waals surface area (Å²) in [6.07, 6.45) is 3.52. The van der Waals surface area contributed by atoms with Crippen molar-refractivity contribution in [1.82, 2.24) is 24.2 Å². The number of rotatable bonds is 8. The van der Waals surface area contributed by atoms with Crippen molar-refractivity contribution < 1.29 is 13.9 Å². The van der Waals surface area contributed by atoms with E-state index in [0.717, 1.165) is 17.0 Å². The van der Waals surface area contributed by atoms with Gasteiger partial charge in [-0.1, -0.05) is 30.3 Å². The van der Waals surface area contributed by atoms with E-state index in [-0.39, 0.29) is 0 Å². The monoisotopic (exact) mass is 463 g/mol. The third kappa shape index (κ3) is 5.10. The van der Waals surface area contributed by atoms with Crippen molar-refractivity contribution in [3.63, 3.8) is 0 Å². The van der Waals surface area contributed by atoms with Gasteiger partial charge in [0, 0.05) is 18.0 Å². The molecule has 0 spiro atoms. The van der Waals surface area contributed by atoms with E-state index in [1.807, 2.05) is 46.8 Å². The SMILES string of the molecule is COC(=O)c1cc(CN(C)Cn2nc(-c3cccnc3)n(Cc3ccccc3)c2=S)oc1C. The number of pyridine rings is 1. The van der Waals surface area contributed by atoms with E-state index < -0.39 is 5.97 Å². The van der Waals surface area contributed by atoms with Crippen molar-refractivity contribution in [2.24, 2.45) is 0 Å². The summed E-state index contributed by atoms with van der Waals surface area (Å²) in [5, 5.41) is 4.81. The molecule has 0 radical (unpaired) electrons. The van der Waals surface area contributed by atoms with Gasteiger partial charge in [0.15, 0.2) is 10.6 Å². The van der Waals surface area contributed by atoms with Crippen molar-refractivity contribution >= 4 is 18.2 Å². The molecule has 33 heavy (non-hydrogen) atoms. The second kappa shape index (κ2) is 9.93. The van der Waals surface area contributed by atoms with Crippen LogP contribution in [0.1, 0.15) is 27.4 Å². The molecule has 0 aliphatic carbocycles. The number of methoxy groups -OCH3 is 1. The second-order valence-electron chi connectivity index (χ2n) is 7.75. The Morgan fingerprint density at radius 3 is 2.70 bits per heavy atom. The van der Waals surface area contributed by atoms with Crippen LogP contribution >= 0.6 is 12.2 Å². The van der Waals surface area contributed by atoms with Gasteiger partial charge in [0.25, 0.3) is 0 Å². The van der Waals surface area contributed by atoms with Crippen LogP contribution < -0.4 is 0 Å². The molecule has 9 heteroatoms. The van der Waals surface area contributed by atoms with Crippen molar-refractivity contribution in [3.8, 4) is 11.4 Å². The molecule has 0 bridgehead atoms. The van der Waals surface area contributed by atoms with E-state index in [0.29, 0.717) is 41.6 Å². The number of ether oxygens (including phenoxy) is 1. The normalized spacial score (nSPS) is 11.2. The van der Waals surface area contributed by atoms with Crippen molar-refractivity contribution in [2.75, 3.05) is 14.2 Å². The van der Waals surface area contributed by atoms with Gasteiger partial charge in [-0.3, -0.25) is 14.5 Å². The quantitative estimate of drug-likeness (QED) is 0.285. The number of hydrogen-bond donors (Lipinski definition) is 0. The average molecular weight is 464 g/mol. The fraction of sp³-hybridized carbons (Fsp3) is 0.250. The first kappa shape index (κ1) is 22.6. The summed E-state index contributed by atoms with van der Waals surface area (Å²) in [5.74, 6) is 1.55. The number of aryl methyl sites for hydroxylation is 1. The van der Waals surface area contributed by atoms with Gasteiger partial charge in [0.05, 0.1) is 26.9 Å². The van der Waals surface area contributed by atoms with E-state index in [1.165, 1.54) is 7.11 Å². The van der Waals surface area contributed by atoms with E-state index >= 15 is 0 Å². The van der Waals surface area contributed by atoms with Gasteiger partial charge in [-0.05, 0) is 50.0 Å². The van der Waals surface area contributed by atoms with Crippen LogP contribution in [0.4, 0.5) is 0 Å². The van der Waals surface area contributed by atoms with Crippen LogP contribution in [0.2, 0.25) is 0 Å². The Balaban J connectivity index is 1.60. The van der Waals surface area contributed by atoms with Crippen LogP contribution in [0.3, 0.4) is 0 Å². The Labute approximate surface area is 197 Å². The standard InChI is InChI=1S/C24H25N5O3S/c1-17-21(23(30)31-3)12-20(32-17)15-27(2)16-29-24(33)28(14-18-8-5-4-6-9-18)22(26-29)19-10-7-11-25-13-19/h4-13H,14-16H2,1-3H3. The van der Waals surface area contributed by atoms with Crippen LogP contribution in [0.25, 0.3) is 11.4 Å². The molecule has 4 rings (SSSR count). The minimum absolute atomic E-state index is 0.409. The van der Waals surface area contributed by atoms with Crippen LogP contribution in [0, 0.1) is 11.7 Å². The van der Waals surface area contributed by atoms with Gasteiger partial charge in [-0.25, -0.2) is 9.48 Å². The molecule has 3 heterocycles. The van der Waals surface area contributed by atoms with Crippen LogP contribution in [0.15, 0.2) is 65.3 Å². The smallest absolute Gasteiger partial charge is 0.341 e. The molecule has 0 atom stereocenters. The number of hydrogen-bond acceptors (Lipinski definition) is 7. The molecule has 0 fully saturated rings. The highest BCUT2D eigenvalue weighted by Crippen LogP contribution is 2.20. The molecule has 0 N–H and O–H groups in total. The summed E-state index contributed by atoms with van der Waals surface area (Å²) in [7, 11) is 3.30. The molecule has 0 unspecified atom stereocenters. The highest BCUT2D eigenvalue weighted by molar-refractivity contribution is 7.71. The molecule has 1 aromatic carbocycles. The van der Waals surface area contributed by atoms with Crippen molar-refractivity contribution in [2.45, 2.75) is 26.7 Å². The molecule has 4 aromatic rings. The first-order valence-electron chi connectivity index (χ1n) is 10.4. The molecule has 3 aromatic heterocycles. The molecular weight excluding hydrogens is 438 g/mol. The Morgan fingerprint density at radius 2 is 2.00 bits per heavy atom. The molecule has 0 aliphatic rings. The lowest BCUT2D eigenvalue weighted by molar-refractivity contribution is 0.0599. The predicted octanol–water partition coefficient (Wildman–Crippen LogP) is 4.30. The van der Waals surface area contributed by atoms with E-state index in [4.69, 9.17) is 26.5 Å². The first-order valence-corrected chi connectivity index (χ1v) is 10.8. The molecule has 8 nitrogen and oxygen atoms in total. The Kier molecular flexibility index (Phi) is 6.81. The van der Waals surface area contributed by atoms with Crippen LogP contribution in [-0.4, -0.2) is 44.4 Å². The Morgan fingerprint density at radius 1 is 1.21 bits per heavy atom. The largest absolute Gasteiger partial charge is 0.465 e. The van der Waals surface area contributed by atoms with Gasteiger partial charge in [0.1, 0.15) is 17.1 Å². The Hall–Kier alpha value is -3.56. The lowest BCUT2D eigenvalue weighted by Gasteiger charge is -2.14. The zero-order chi connectivity index (χ0) is 23.4. The third-order valence-corrected chi connectivity index (χ3v) is 5.63. The van der Waals surface area contributed by atoms with Crippen molar-refractivity contribution in [3.05, 3.63) is 88.3 Å². The second-order valence-corrected chi connectivity index (χ2v) is 8.11. The maximum Gasteiger partial charge on any atom is 0.341 e.